The smallest absolute Gasteiger partial charge is 0.364 e. The van der Waals surface area contributed by atoms with Crippen LogP contribution in [-0.4, -0.2) is 48.9 Å². The molecule has 3 aromatic rings. The van der Waals surface area contributed by atoms with E-state index < -0.39 is 17.7 Å². The van der Waals surface area contributed by atoms with E-state index in [4.69, 9.17) is 0 Å². The normalized spacial score (nSPS) is 21.9. The van der Waals surface area contributed by atoms with Gasteiger partial charge < -0.3 is 10.2 Å². The molecule has 2 aromatic heterocycles. The molecule has 2 saturated heterocycles. The number of alkyl halides is 3. The van der Waals surface area contributed by atoms with Gasteiger partial charge in [-0.25, -0.2) is 24.3 Å². The number of hydrogen-bond acceptors (Lipinski definition) is 6. The van der Waals surface area contributed by atoms with Gasteiger partial charge in [0.15, 0.2) is 11.5 Å². The molecule has 2 fully saturated rings. The second-order valence-corrected chi connectivity index (χ2v) is 8.02. The van der Waals surface area contributed by atoms with Gasteiger partial charge in [0.2, 0.25) is 0 Å². The molecule has 0 aliphatic carbocycles. The Labute approximate surface area is 185 Å². The van der Waals surface area contributed by atoms with Crippen molar-refractivity contribution < 1.29 is 22.4 Å². The third kappa shape index (κ3) is 3.87. The number of nitrogens with one attached hydrogen (secondary N) is 1. The third-order valence-electron chi connectivity index (χ3n) is 6.08. The topological polar surface area (TPSA) is 83.9 Å². The summed E-state index contributed by atoms with van der Waals surface area (Å²) in [4.78, 5) is 30.7. The van der Waals surface area contributed by atoms with Crippen molar-refractivity contribution in [3.05, 3.63) is 66.1 Å². The fourth-order valence-corrected chi connectivity index (χ4v) is 4.70. The van der Waals surface area contributed by atoms with Gasteiger partial charge in [0, 0.05) is 18.4 Å². The van der Waals surface area contributed by atoms with Crippen LogP contribution >= 0.6 is 0 Å². The van der Waals surface area contributed by atoms with Crippen molar-refractivity contribution in [1.29, 1.82) is 0 Å². The number of benzene rings is 1. The number of rotatable bonds is 4. The summed E-state index contributed by atoms with van der Waals surface area (Å²) in [5.41, 5.74) is -0.847. The van der Waals surface area contributed by atoms with Gasteiger partial charge in [-0.15, -0.1) is 0 Å². The molecule has 170 valence electrons. The predicted octanol–water partition coefficient (Wildman–Crippen LogP) is 3.95. The minimum absolute atomic E-state index is 0.0486. The van der Waals surface area contributed by atoms with Crippen LogP contribution in [0.1, 0.15) is 35.3 Å². The highest BCUT2D eigenvalue weighted by Gasteiger charge is 2.49. The van der Waals surface area contributed by atoms with Gasteiger partial charge in [0.25, 0.3) is 5.91 Å². The Morgan fingerprint density at radius 3 is 2.52 bits per heavy atom. The molecule has 2 aliphatic rings. The summed E-state index contributed by atoms with van der Waals surface area (Å²) in [6.45, 7) is 0. The summed E-state index contributed by atoms with van der Waals surface area (Å²) >= 11 is 0. The second-order valence-electron chi connectivity index (χ2n) is 8.02. The Morgan fingerprint density at radius 1 is 1.03 bits per heavy atom. The molecule has 0 spiro atoms. The number of aromatic nitrogens is 4. The largest absolute Gasteiger partial charge is 0.434 e. The molecular formula is C22H18F4N6O. The minimum atomic E-state index is -4.56. The highest BCUT2D eigenvalue weighted by atomic mass is 19.4. The monoisotopic (exact) mass is 458 g/mol. The fraction of sp³-hybridized carbons (Fsp3) is 0.318. The first-order chi connectivity index (χ1) is 15.8. The lowest BCUT2D eigenvalue weighted by molar-refractivity contribution is -0.141. The van der Waals surface area contributed by atoms with Crippen LogP contribution < -0.4 is 5.32 Å². The van der Waals surface area contributed by atoms with Gasteiger partial charge >= 0.3 is 6.18 Å². The molecule has 2 bridgehead atoms. The Hall–Kier alpha value is -3.63. The first-order valence-corrected chi connectivity index (χ1v) is 10.4. The average Bonchev–Trinajstić information content (AvgIpc) is 3.36. The maximum Gasteiger partial charge on any atom is 0.434 e. The van der Waals surface area contributed by atoms with Crippen LogP contribution in [0.25, 0.3) is 11.4 Å². The molecule has 1 N–H and O–H groups in total. The van der Waals surface area contributed by atoms with Crippen molar-refractivity contribution in [2.24, 2.45) is 0 Å². The van der Waals surface area contributed by atoms with Crippen LogP contribution in [0.3, 0.4) is 0 Å². The van der Waals surface area contributed by atoms with Crippen LogP contribution in [-0.2, 0) is 6.18 Å². The molecule has 1 amide bonds. The molecule has 0 saturated carbocycles. The van der Waals surface area contributed by atoms with Gasteiger partial charge in [-0.1, -0.05) is 6.07 Å². The zero-order valence-electron chi connectivity index (χ0n) is 17.1. The lowest BCUT2D eigenvalue weighted by atomic mass is 9.95. The van der Waals surface area contributed by atoms with Crippen LogP contribution in [0.15, 0.2) is 49.1 Å². The van der Waals surface area contributed by atoms with Gasteiger partial charge in [-0.05, 0) is 37.5 Å². The Morgan fingerprint density at radius 2 is 1.82 bits per heavy atom. The van der Waals surface area contributed by atoms with Crippen molar-refractivity contribution in [2.45, 2.75) is 43.6 Å². The van der Waals surface area contributed by atoms with Gasteiger partial charge in [0.1, 0.15) is 11.6 Å². The molecule has 0 unspecified atom stereocenters. The number of carbonyl (C=O) groups excluding carboxylic acids is 1. The molecular weight excluding hydrogens is 440 g/mol. The van der Waals surface area contributed by atoms with E-state index in [2.05, 4.69) is 25.3 Å². The van der Waals surface area contributed by atoms with E-state index in [1.165, 1.54) is 24.5 Å². The molecule has 0 radical (unpaired) electrons. The summed E-state index contributed by atoms with van der Waals surface area (Å²) in [7, 11) is 0. The maximum absolute atomic E-state index is 14.7. The quantitative estimate of drug-likeness (QED) is 0.596. The van der Waals surface area contributed by atoms with E-state index >= 15 is 0 Å². The first-order valence-electron chi connectivity index (χ1n) is 10.4. The van der Waals surface area contributed by atoms with Crippen molar-refractivity contribution >= 4 is 11.7 Å². The van der Waals surface area contributed by atoms with Gasteiger partial charge in [0.05, 0.1) is 35.6 Å². The summed E-state index contributed by atoms with van der Waals surface area (Å²) < 4.78 is 52.9. The molecule has 5 rings (SSSR count). The summed E-state index contributed by atoms with van der Waals surface area (Å²) in [6, 6.07) is 5.40. The molecule has 7 nitrogen and oxygen atoms in total. The number of amides is 1. The minimum Gasteiger partial charge on any atom is -0.364 e. The molecule has 11 heteroatoms. The van der Waals surface area contributed by atoms with Crippen LogP contribution in [0.5, 0.6) is 0 Å². The third-order valence-corrected chi connectivity index (χ3v) is 6.08. The highest BCUT2D eigenvalue weighted by molar-refractivity contribution is 6.01. The number of carbonyl (C=O) groups is 1. The maximum atomic E-state index is 14.7. The first kappa shape index (κ1) is 21.2. The summed E-state index contributed by atoms with van der Waals surface area (Å²) in [5, 5.41) is 3.11. The van der Waals surface area contributed by atoms with E-state index in [-0.39, 0.29) is 46.8 Å². The zero-order valence-corrected chi connectivity index (χ0v) is 17.1. The molecule has 4 heterocycles. The molecule has 33 heavy (non-hydrogen) atoms. The van der Waals surface area contributed by atoms with Crippen molar-refractivity contribution in [3.8, 4) is 11.4 Å². The van der Waals surface area contributed by atoms with Crippen LogP contribution in [0.4, 0.5) is 23.4 Å². The number of hydrogen-bond donors (Lipinski definition) is 1. The van der Waals surface area contributed by atoms with E-state index in [0.29, 0.717) is 19.0 Å². The standard InChI is InChI=1S/C22H18F4N6O/c23-14-4-1-3-13(19(14)20-27-7-2-8-28-20)21(33)32-12-5-6-16(32)15(9-12)31-18-11-29-17(10-30-18)22(24,25)26/h1-4,7-8,10-12,15-16H,5-6,9H2,(H,30,31)/t12-,15-,16+/m1/s1. The molecule has 1 aromatic carbocycles. The molecule has 2 aliphatic heterocycles. The summed E-state index contributed by atoms with van der Waals surface area (Å²) in [5.74, 6) is -0.585. The fourth-order valence-electron chi connectivity index (χ4n) is 4.70. The average molecular weight is 458 g/mol. The van der Waals surface area contributed by atoms with Crippen LogP contribution in [0.2, 0.25) is 0 Å². The van der Waals surface area contributed by atoms with Gasteiger partial charge in [-0.2, -0.15) is 13.2 Å². The Kier molecular flexibility index (Phi) is 5.18. The second kappa shape index (κ2) is 8.05. The number of anilines is 1. The SMILES string of the molecule is O=C(c1cccc(F)c1-c1ncccn1)N1[C@@H]2CC[C@H]1[C@H](Nc1cnc(C(F)(F)F)cn1)C2. The van der Waals surface area contributed by atoms with Crippen molar-refractivity contribution in [3.63, 3.8) is 0 Å². The predicted molar refractivity (Wildman–Crippen MR) is 109 cm³/mol. The van der Waals surface area contributed by atoms with Crippen molar-refractivity contribution in [1.82, 2.24) is 24.8 Å². The number of nitrogens with zero attached hydrogens (tertiary/aromatic N) is 5. The summed E-state index contributed by atoms with van der Waals surface area (Å²) in [6.07, 6.45) is 2.23. The van der Waals surface area contributed by atoms with E-state index in [9.17, 15) is 22.4 Å². The highest BCUT2D eigenvalue weighted by Crippen LogP contribution is 2.41. The lowest BCUT2D eigenvalue weighted by Gasteiger charge is -2.26. The lowest BCUT2D eigenvalue weighted by Crippen LogP contribution is -2.40. The number of halogens is 4. The Balaban J connectivity index is 1.39. The molecule has 3 atom stereocenters. The van der Waals surface area contributed by atoms with E-state index in [1.807, 2.05) is 0 Å². The van der Waals surface area contributed by atoms with Crippen molar-refractivity contribution in [2.75, 3.05) is 5.32 Å². The number of fused-ring (bicyclic) bond motifs is 2. The van der Waals surface area contributed by atoms with E-state index in [0.717, 1.165) is 12.6 Å². The van der Waals surface area contributed by atoms with Gasteiger partial charge in [-0.3, -0.25) is 4.79 Å². The zero-order chi connectivity index (χ0) is 23.2. The van der Waals surface area contributed by atoms with Crippen LogP contribution in [0, 0.1) is 5.82 Å². The van der Waals surface area contributed by atoms with E-state index in [1.54, 1.807) is 17.0 Å². The Bertz CT molecular complexity index is 1170.